The lowest BCUT2D eigenvalue weighted by Gasteiger charge is -2.52. The number of fused-ring (bicyclic) bond motifs is 4. The van der Waals surface area contributed by atoms with Crippen LogP contribution in [-0.2, 0) is 22.4 Å². The van der Waals surface area contributed by atoms with Gasteiger partial charge in [-0.2, -0.15) is 4.98 Å². The number of nitrogens with two attached hydrogens (primary N) is 1. The third-order valence-electron chi connectivity index (χ3n) is 6.55. The van der Waals surface area contributed by atoms with E-state index in [-0.39, 0.29) is 11.8 Å². The Balaban J connectivity index is 1.29. The summed E-state index contributed by atoms with van der Waals surface area (Å²) >= 11 is 0. The molecule has 0 aliphatic carbocycles. The van der Waals surface area contributed by atoms with Gasteiger partial charge in [0.25, 0.3) is 0 Å². The number of hydrogen-bond acceptors (Lipinski definition) is 6. The molecule has 33 heavy (non-hydrogen) atoms. The summed E-state index contributed by atoms with van der Waals surface area (Å²) in [6.45, 7) is 2.29. The van der Waals surface area contributed by atoms with E-state index < -0.39 is 17.6 Å². The van der Waals surface area contributed by atoms with Crippen LogP contribution >= 0.6 is 0 Å². The number of ether oxygens (including phenoxy) is 1. The van der Waals surface area contributed by atoms with Gasteiger partial charge in [0.1, 0.15) is 11.7 Å². The molecular weight excluding hydrogens is 420 g/mol. The minimum Gasteiger partial charge on any atom is -0.468 e. The van der Waals surface area contributed by atoms with E-state index in [1.54, 1.807) is 4.90 Å². The van der Waals surface area contributed by atoms with Gasteiger partial charge in [-0.3, -0.25) is 9.59 Å². The van der Waals surface area contributed by atoms with Gasteiger partial charge in [-0.05, 0) is 30.5 Å². The van der Waals surface area contributed by atoms with Crippen LogP contribution in [0, 0.1) is 5.92 Å². The molecule has 0 saturated carbocycles. The maximum absolute atomic E-state index is 13.3. The topological polar surface area (TPSA) is 112 Å². The highest BCUT2D eigenvalue weighted by molar-refractivity contribution is 6.01. The van der Waals surface area contributed by atoms with E-state index in [4.69, 9.17) is 15.0 Å². The fourth-order valence-electron chi connectivity index (χ4n) is 5.01. The molecular formula is C25H26N4O4. The molecule has 8 heteroatoms. The number of carbonyl (C=O) groups is 2. The molecule has 2 aliphatic rings. The van der Waals surface area contributed by atoms with Crippen molar-refractivity contribution in [3.63, 3.8) is 0 Å². The first-order valence-corrected chi connectivity index (χ1v) is 11.2. The standard InChI is InChI=1S/C25H26N4O4/c1-25-15-18(17-10-5-6-11-19(17)32-25)22(23(26)30)24(31)29(25)13-7-12-21-27-20(28-33-21)14-16-8-3-2-4-9-16/h2-6,8-11,18,22H,7,12-15H2,1H3,(H2,26,30). The lowest BCUT2D eigenvalue weighted by Crippen LogP contribution is -2.64. The van der Waals surface area contributed by atoms with Crippen molar-refractivity contribution in [1.82, 2.24) is 15.0 Å². The summed E-state index contributed by atoms with van der Waals surface area (Å²) in [5, 5.41) is 4.06. The summed E-state index contributed by atoms with van der Waals surface area (Å²) in [6, 6.07) is 17.5. The lowest BCUT2D eigenvalue weighted by atomic mass is 9.73. The van der Waals surface area contributed by atoms with Crippen LogP contribution in [0.3, 0.4) is 0 Å². The second-order valence-electron chi connectivity index (χ2n) is 8.87. The Kier molecular flexibility index (Phi) is 5.36. The molecule has 2 aromatic carbocycles. The highest BCUT2D eigenvalue weighted by atomic mass is 16.5. The first-order valence-electron chi connectivity index (χ1n) is 11.2. The minimum atomic E-state index is -0.899. The number of piperidine rings is 1. The van der Waals surface area contributed by atoms with Crippen LogP contribution < -0.4 is 10.5 Å². The van der Waals surface area contributed by atoms with Crippen molar-refractivity contribution in [3.05, 3.63) is 77.4 Å². The third-order valence-corrected chi connectivity index (χ3v) is 6.55. The van der Waals surface area contributed by atoms with Gasteiger partial charge in [-0.15, -0.1) is 0 Å². The van der Waals surface area contributed by atoms with E-state index in [1.165, 1.54) is 0 Å². The number of nitrogens with zero attached hydrogens (tertiary/aromatic N) is 3. The molecule has 0 spiro atoms. The van der Waals surface area contributed by atoms with Crippen molar-refractivity contribution < 1.29 is 18.8 Å². The van der Waals surface area contributed by atoms with Crippen LogP contribution in [0.1, 0.15) is 48.5 Å². The Morgan fingerprint density at radius 2 is 1.94 bits per heavy atom. The molecule has 2 N–H and O–H groups in total. The monoisotopic (exact) mass is 446 g/mol. The van der Waals surface area contributed by atoms with Gasteiger partial charge < -0.3 is 19.9 Å². The van der Waals surface area contributed by atoms with Crippen molar-refractivity contribution in [2.45, 2.75) is 44.2 Å². The van der Waals surface area contributed by atoms with Crippen molar-refractivity contribution in [2.75, 3.05) is 6.54 Å². The fraction of sp³-hybridized carbons (Fsp3) is 0.360. The summed E-state index contributed by atoms with van der Waals surface area (Å²) in [4.78, 5) is 31.7. The van der Waals surface area contributed by atoms with E-state index in [0.29, 0.717) is 49.7 Å². The quantitative estimate of drug-likeness (QED) is 0.559. The van der Waals surface area contributed by atoms with Crippen LogP contribution in [0.5, 0.6) is 5.75 Å². The number of para-hydroxylation sites is 1. The van der Waals surface area contributed by atoms with Crippen molar-refractivity contribution in [2.24, 2.45) is 11.7 Å². The summed E-state index contributed by atoms with van der Waals surface area (Å²) in [5.74, 6) is -0.220. The highest BCUT2D eigenvalue weighted by Gasteiger charge is 2.55. The molecule has 2 bridgehead atoms. The minimum absolute atomic E-state index is 0.280. The molecule has 2 amide bonds. The molecule has 3 atom stereocenters. The van der Waals surface area contributed by atoms with Crippen molar-refractivity contribution >= 4 is 11.8 Å². The fourth-order valence-corrected chi connectivity index (χ4v) is 5.01. The normalized spacial score (nSPS) is 23.7. The molecule has 1 saturated heterocycles. The molecule has 1 fully saturated rings. The summed E-state index contributed by atoms with van der Waals surface area (Å²) in [5.41, 5.74) is 6.82. The number of rotatable bonds is 7. The number of hydrogen-bond donors (Lipinski definition) is 1. The Labute approximate surface area is 191 Å². The number of likely N-dealkylation sites (tertiary alicyclic amines) is 1. The molecule has 170 valence electrons. The molecule has 2 aliphatic heterocycles. The Hall–Kier alpha value is -3.68. The van der Waals surface area contributed by atoms with Crippen LogP contribution in [0.25, 0.3) is 0 Å². The summed E-state index contributed by atoms with van der Waals surface area (Å²) in [6.07, 6.45) is 2.23. The maximum Gasteiger partial charge on any atom is 0.238 e. The smallest absolute Gasteiger partial charge is 0.238 e. The maximum atomic E-state index is 13.3. The highest BCUT2D eigenvalue weighted by Crippen LogP contribution is 2.50. The van der Waals surface area contributed by atoms with E-state index in [9.17, 15) is 9.59 Å². The first-order chi connectivity index (χ1) is 15.9. The van der Waals surface area contributed by atoms with E-state index >= 15 is 0 Å². The second-order valence-corrected chi connectivity index (χ2v) is 8.87. The average Bonchev–Trinajstić information content (AvgIpc) is 3.23. The molecule has 3 aromatic rings. The van der Waals surface area contributed by atoms with E-state index in [0.717, 1.165) is 11.1 Å². The lowest BCUT2D eigenvalue weighted by molar-refractivity contribution is -0.175. The molecule has 0 radical (unpaired) electrons. The summed E-state index contributed by atoms with van der Waals surface area (Å²) in [7, 11) is 0. The molecule has 1 aromatic heterocycles. The Morgan fingerprint density at radius 3 is 2.73 bits per heavy atom. The third kappa shape index (κ3) is 3.97. The SMILES string of the molecule is CC12CC(c3ccccc3O1)C(C(N)=O)C(=O)N2CCCc1nc(Cc2ccccc2)no1. The Morgan fingerprint density at radius 1 is 1.18 bits per heavy atom. The van der Waals surface area contributed by atoms with Gasteiger partial charge in [0.2, 0.25) is 17.7 Å². The van der Waals surface area contributed by atoms with Gasteiger partial charge >= 0.3 is 0 Å². The van der Waals surface area contributed by atoms with Crippen LogP contribution in [0.2, 0.25) is 0 Å². The summed E-state index contributed by atoms with van der Waals surface area (Å²) < 4.78 is 11.7. The number of aryl methyl sites for hydroxylation is 1. The van der Waals surface area contributed by atoms with E-state index in [1.807, 2.05) is 61.5 Å². The first kappa shape index (κ1) is 21.2. The molecule has 5 rings (SSSR count). The average molecular weight is 447 g/mol. The number of benzene rings is 2. The van der Waals surface area contributed by atoms with E-state index in [2.05, 4.69) is 10.1 Å². The predicted octanol–water partition coefficient (Wildman–Crippen LogP) is 2.82. The van der Waals surface area contributed by atoms with Gasteiger partial charge in [0.15, 0.2) is 11.5 Å². The van der Waals surface area contributed by atoms with Gasteiger partial charge in [-0.25, -0.2) is 0 Å². The predicted molar refractivity (Wildman–Crippen MR) is 119 cm³/mol. The van der Waals surface area contributed by atoms with Gasteiger partial charge in [-0.1, -0.05) is 53.7 Å². The van der Waals surface area contributed by atoms with Crippen molar-refractivity contribution in [3.8, 4) is 5.75 Å². The van der Waals surface area contributed by atoms with Crippen LogP contribution in [0.4, 0.5) is 0 Å². The zero-order valence-electron chi connectivity index (χ0n) is 18.4. The number of primary amides is 1. The van der Waals surface area contributed by atoms with Crippen LogP contribution in [-0.4, -0.2) is 39.1 Å². The van der Waals surface area contributed by atoms with Gasteiger partial charge in [0, 0.05) is 31.7 Å². The molecule has 3 heterocycles. The van der Waals surface area contributed by atoms with Crippen LogP contribution in [0.15, 0.2) is 59.1 Å². The number of amides is 2. The molecule has 8 nitrogen and oxygen atoms in total. The molecule has 3 unspecified atom stereocenters. The number of carbonyl (C=O) groups excluding carboxylic acids is 2. The second kappa shape index (κ2) is 8.35. The number of aromatic nitrogens is 2. The van der Waals surface area contributed by atoms with Crippen molar-refractivity contribution in [1.29, 1.82) is 0 Å². The zero-order valence-corrected chi connectivity index (χ0v) is 18.4. The largest absolute Gasteiger partial charge is 0.468 e. The zero-order chi connectivity index (χ0) is 23.0. The van der Waals surface area contributed by atoms with Gasteiger partial charge in [0.05, 0.1) is 0 Å². The Bertz CT molecular complexity index is 1180.